The molecule has 0 radical (unpaired) electrons. The molecule has 0 amide bonds. The highest BCUT2D eigenvalue weighted by atomic mass is 127. The van der Waals surface area contributed by atoms with Crippen molar-refractivity contribution >= 4 is 115 Å². The Bertz CT molecular complexity index is 5570. The van der Waals surface area contributed by atoms with Crippen LogP contribution in [0, 0.1) is 10.1 Å². The monoisotopic (exact) mass is 1680 g/mol. The minimum atomic E-state index is 0. The van der Waals surface area contributed by atoms with Gasteiger partial charge >= 0.3 is 0 Å². The number of nitrogens with zero attached hydrogens (tertiary/aromatic N) is 23. The van der Waals surface area contributed by atoms with Crippen molar-refractivity contribution in [3.05, 3.63) is 271 Å². The van der Waals surface area contributed by atoms with Crippen LogP contribution in [0.3, 0.4) is 0 Å². The van der Waals surface area contributed by atoms with Crippen molar-refractivity contribution in [3.63, 3.8) is 0 Å². The highest BCUT2D eigenvalue weighted by Gasteiger charge is 2.22. The van der Waals surface area contributed by atoms with Gasteiger partial charge in [0, 0.05) is 40.7 Å². The summed E-state index contributed by atoms with van der Waals surface area (Å²) in [5.74, 6) is 15.7. The molecule has 0 saturated heterocycles. The van der Waals surface area contributed by atoms with Gasteiger partial charge in [0.15, 0.2) is 23.1 Å². The van der Waals surface area contributed by atoms with Crippen molar-refractivity contribution in [1.29, 1.82) is 0 Å². The van der Waals surface area contributed by atoms with Crippen molar-refractivity contribution in [2.45, 2.75) is 0 Å². The maximum absolute atomic E-state index is 6.61. The fourth-order valence-electron chi connectivity index (χ4n) is 10.4. The van der Waals surface area contributed by atoms with Gasteiger partial charge in [0.1, 0.15) is 21.7 Å². The number of tetrazole rings is 4. The van der Waals surface area contributed by atoms with Crippen molar-refractivity contribution in [1.82, 2.24) is 101 Å². The molecule has 37 heteroatoms. The fraction of sp³-hybridized carbons (Fsp3) is 0.108. The Morgan fingerprint density at radius 1 is 0.477 bits per heavy atom. The number of hydrogen-bond donors (Lipinski definition) is 5. The minimum absolute atomic E-state index is 0. The molecule has 111 heavy (non-hydrogen) atoms. The van der Waals surface area contributed by atoms with E-state index in [1.807, 2.05) is 188 Å². The second kappa shape index (κ2) is 40.2. The van der Waals surface area contributed by atoms with Gasteiger partial charge < -0.3 is 35.9 Å². The molecule has 0 unspecified atom stereocenters. The summed E-state index contributed by atoms with van der Waals surface area (Å²) in [6.07, 6.45) is 2.94. The molecule has 0 aliphatic heterocycles. The Morgan fingerprint density at radius 2 is 0.865 bits per heavy atom. The van der Waals surface area contributed by atoms with Gasteiger partial charge in [-0.15, -0.1) is 58.3 Å². The van der Waals surface area contributed by atoms with E-state index in [0.717, 1.165) is 65.2 Å². The Hall–Kier alpha value is -13.1. The van der Waals surface area contributed by atoms with Gasteiger partial charge in [0.05, 0.1) is 128 Å². The molecule has 8 N–H and O–H groups in total. The highest BCUT2D eigenvalue weighted by molar-refractivity contribution is 14.1. The average Bonchev–Trinajstić information content (AvgIpc) is 1.63. The lowest BCUT2D eigenvalue weighted by molar-refractivity contribution is 0.413. The third-order valence-corrected chi connectivity index (χ3v) is 16.8. The quantitative estimate of drug-likeness (QED) is 0.0150. The van der Waals surface area contributed by atoms with E-state index in [1.165, 1.54) is 31.4 Å². The Labute approximate surface area is 670 Å². The number of nitrogen functional groups attached to an aromatic ring is 2. The third-order valence-electron chi connectivity index (χ3n) is 15.3. The summed E-state index contributed by atoms with van der Waals surface area (Å²) in [5.41, 5.74) is 23.6. The Kier molecular flexibility index (Phi) is 29.7. The second-order valence-corrected chi connectivity index (χ2v) is 24.8. The molecule has 7 heterocycles. The number of pyridine rings is 2. The molecule has 8 aromatic carbocycles. The van der Waals surface area contributed by atoms with E-state index in [-0.39, 0.29) is 12.4 Å². The van der Waals surface area contributed by atoms with Gasteiger partial charge in [-0.25, -0.2) is 14.5 Å². The van der Waals surface area contributed by atoms with Gasteiger partial charge in [-0.2, -0.15) is 29.4 Å². The fourth-order valence-corrected chi connectivity index (χ4v) is 11.7. The van der Waals surface area contributed by atoms with E-state index >= 15 is 0 Å². The van der Waals surface area contributed by atoms with Gasteiger partial charge in [0.25, 0.3) is 0 Å². The minimum Gasteiger partial charge on any atom is -0.495 e. The van der Waals surface area contributed by atoms with Crippen LogP contribution >= 0.6 is 69.8 Å². The normalized spacial score (nSPS) is 10.2. The van der Waals surface area contributed by atoms with Gasteiger partial charge in [-0.1, -0.05) is 180 Å². The molecule has 32 nitrogen and oxygen atoms in total. The number of aromatic nitrogens is 20. The van der Waals surface area contributed by atoms with Gasteiger partial charge in [-0.3, -0.25) is 16.3 Å². The number of anilines is 3. The number of nitrogens with one attached hydrogen (secondary N) is 2. The number of benzene rings is 8. The van der Waals surface area contributed by atoms with Crippen LogP contribution in [0.4, 0.5) is 22.9 Å². The van der Waals surface area contributed by atoms with E-state index in [0.29, 0.717) is 95.4 Å². The molecular weight excluding hydrogens is 1610 g/mol. The van der Waals surface area contributed by atoms with Crippen LogP contribution in [-0.2, 0) is 28.2 Å². The molecular formula is C74H69Cl4IN28O4. The summed E-state index contributed by atoms with van der Waals surface area (Å²) >= 11 is 19.3. The number of hydrazine groups is 1. The number of ether oxygens (including phenoxy) is 4. The summed E-state index contributed by atoms with van der Waals surface area (Å²) in [5, 5.41) is 62.8. The van der Waals surface area contributed by atoms with Crippen molar-refractivity contribution in [3.8, 4) is 74.2 Å². The van der Waals surface area contributed by atoms with E-state index < -0.39 is 0 Å². The molecule has 0 bridgehead atoms. The van der Waals surface area contributed by atoms with E-state index in [4.69, 9.17) is 82.8 Å². The van der Waals surface area contributed by atoms with Crippen molar-refractivity contribution in [2.24, 2.45) is 50.1 Å². The average molecular weight is 1680 g/mol. The molecule has 0 aliphatic carbocycles. The first-order chi connectivity index (χ1) is 53.5. The predicted molar refractivity (Wildman–Crippen MR) is 438 cm³/mol. The van der Waals surface area contributed by atoms with Crippen molar-refractivity contribution in [2.75, 3.05) is 45.0 Å². The van der Waals surface area contributed by atoms with Crippen LogP contribution in [0.1, 0.15) is 22.3 Å². The number of hydrogen-bond acceptors (Lipinski definition) is 26. The number of fused-ring (bicyclic) bond motifs is 1. The largest absolute Gasteiger partial charge is 0.495 e. The van der Waals surface area contributed by atoms with E-state index in [2.05, 4.69) is 120 Å². The molecule has 0 atom stereocenters. The lowest BCUT2D eigenvalue weighted by Crippen LogP contribution is -2.08. The Morgan fingerprint density at radius 3 is 1.27 bits per heavy atom. The molecule has 15 aromatic rings. The number of nitrogens with two attached hydrogens (primary N) is 3. The summed E-state index contributed by atoms with van der Waals surface area (Å²) in [6.45, 7) is 6.61. The lowest BCUT2D eigenvalue weighted by atomic mass is 10.0. The summed E-state index contributed by atoms with van der Waals surface area (Å²) < 4.78 is 24.5. The molecule has 564 valence electrons. The molecule has 15 rings (SSSR count). The molecule has 7 aromatic heterocycles. The highest BCUT2D eigenvalue weighted by Crippen LogP contribution is 2.39. The van der Waals surface area contributed by atoms with Crippen LogP contribution in [0.2, 0.25) is 15.3 Å². The van der Waals surface area contributed by atoms with Crippen molar-refractivity contribution < 1.29 is 18.9 Å². The van der Waals surface area contributed by atoms with Gasteiger partial charge in [0.2, 0.25) is 29.0 Å². The first-order valence-corrected chi connectivity index (χ1v) is 34.8. The maximum Gasteiger partial charge on any atom is 0.223 e. The lowest BCUT2D eigenvalue weighted by Gasteiger charge is -2.13. The van der Waals surface area contributed by atoms with E-state index in [9.17, 15) is 0 Å². The number of methoxy groups -OCH3 is 4. The van der Waals surface area contributed by atoms with Crippen LogP contribution in [0.15, 0.2) is 229 Å². The van der Waals surface area contributed by atoms with Crippen LogP contribution < -0.4 is 47.2 Å². The first kappa shape index (κ1) is 82.0. The zero-order chi connectivity index (χ0) is 78.1. The van der Waals surface area contributed by atoms with Crippen LogP contribution in [0.25, 0.3) is 67.0 Å². The number of para-hydroxylation sites is 4. The standard InChI is InChI=1S/C22H20N6O.C15H13ClN8O.C13H12N2.C9H9IN4O.C9H12N6O.C6H2Cl2N2.ClH/c1-28-26-22(25-27-28)18-14-9-15-19(21(18)29-2)23-24-20(16-10-5-3-6-11-16)17-12-7-4-8-13-17;1-23-21-15(19-22-23)8-4-3-5-10(13(8)25-2)24-11-6-12(16)18-7-9(11)14(17)20-24;14-15-13(11-7-3-1-4-8-11)12-9-5-2-6-10-12;1-14-12-9(11-13-14)6-4-3-5-7(10)8(6)15-2;1-15-13-9(12-14-15)6-4-3-5-7(11-10)8(6)16-2;1-9-5-3-10-6(8)2-4(5)7;/h3-15,23H,1-2H3;3-7H,1-2H3,(H2,17,20);1-10H,14H2;3-5H,1-2H3;3-5,11H,10H2,1-2H3;2-3H;1H. The zero-order valence-electron chi connectivity index (χ0n) is 60.4. The number of rotatable bonds is 16. The summed E-state index contributed by atoms with van der Waals surface area (Å²) in [6, 6.07) is 65.6. The first-order valence-electron chi connectivity index (χ1n) is 32.6. The second-order valence-electron chi connectivity index (χ2n) is 22.4. The smallest absolute Gasteiger partial charge is 0.223 e. The molecule has 0 aliphatic rings. The topological polar surface area (TPSA) is 386 Å². The summed E-state index contributed by atoms with van der Waals surface area (Å²) in [4.78, 5) is 16.4. The Balaban J connectivity index is 0.000000158. The number of halogens is 5. The van der Waals surface area contributed by atoms with Crippen LogP contribution in [0.5, 0.6) is 23.0 Å². The zero-order valence-corrected chi connectivity index (χ0v) is 65.6. The number of hydrazone groups is 2. The van der Waals surface area contributed by atoms with E-state index in [1.54, 1.807) is 79.6 Å². The maximum atomic E-state index is 6.61. The summed E-state index contributed by atoms with van der Waals surface area (Å²) in [7, 11) is 13.2. The van der Waals surface area contributed by atoms with Crippen LogP contribution in [-0.4, -0.2) is 140 Å². The van der Waals surface area contributed by atoms with Gasteiger partial charge in [-0.05, 0) is 98.0 Å². The predicted octanol–water partition coefficient (Wildman–Crippen LogP) is 13.0. The number of aryl methyl sites for hydroxylation is 4. The molecule has 0 fully saturated rings. The third kappa shape index (κ3) is 21.0. The molecule has 0 saturated carbocycles. The molecule has 0 spiro atoms. The SMILES string of the molecule is COc1c(-c2nnn(C)n2)cccc1-n1nc(N)c2cnc(Cl)cc21.COc1c(I)cccc1-c1nnn(C)n1.COc1c(NN)cccc1-c1nnn(C)n1.COc1c(NN=C(c2ccccc2)c2ccccc2)cccc1-c1nnn(C)n1.Cl.NN=C(c1ccccc1)c1ccccc1.[C-]#[N+]c1cnc(Cl)cc1Cl.